The van der Waals surface area contributed by atoms with Gasteiger partial charge in [0, 0.05) is 6.20 Å². The van der Waals surface area contributed by atoms with Gasteiger partial charge >= 0.3 is 0 Å². The van der Waals surface area contributed by atoms with E-state index in [1.165, 1.54) is 6.33 Å². The fraction of sp³-hybridized carbons (Fsp3) is 0.111. The molecule has 3 N–H and O–H groups in total. The van der Waals surface area contributed by atoms with Crippen molar-refractivity contribution in [1.29, 1.82) is 0 Å². The number of carbonyl (C=O) groups is 1. The molecule has 0 atom stereocenters. The van der Waals surface area contributed by atoms with Crippen LogP contribution in [0.4, 0.5) is 5.82 Å². The zero-order valence-electron chi connectivity index (χ0n) is 8.06. The maximum absolute atomic E-state index is 11.9. The summed E-state index contributed by atoms with van der Waals surface area (Å²) in [5, 5.41) is 6.11. The minimum Gasteiger partial charge on any atom is -0.383 e. The number of nitrogen functional groups attached to an aromatic ring is 1. The molecule has 0 saturated carbocycles. The lowest BCUT2D eigenvalue weighted by atomic mass is 10.1. The number of carbonyl (C=O) groups excluding carboxylic acids is 1. The molecule has 0 aliphatic carbocycles. The number of nitrogens with zero attached hydrogens (tertiary/aromatic N) is 3. The molecule has 0 aliphatic heterocycles. The second kappa shape index (κ2) is 3.49. The summed E-state index contributed by atoms with van der Waals surface area (Å²) in [6.45, 7) is 1.79. The second-order valence-electron chi connectivity index (χ2n) is 3.05. The highest BCUT2D eigenvalue weighted by Crippen LogP contribution is 2.16. The van der Waals surface area contributed by atoms with Crippen molar-refractivity contribution in [2.75, 3.05) is 5.73 Å². The maximum atomic E-state index is 11.9. The minimum atomic E-state index is -0.296. The Kier molecular flexibility index (Phi) is 2.17. The molecule has 0 bridgehead atoms. The van der Waals surface area contributed by atoms with E-state index in [0.717, 1.165) is 5.56 Å². The van der Waals surface area contributed by atoms with Crippen molar-refractivity contribution in [2.45, 2.75) is 6.92 Å². The third-order valence-corrected chi connectivity index (χ3v) is 2.05. The number of rotatable bonds is 2. The molecule has 0 radical (unpaired) electrons. The largest absolute Gasteiger partial charge is 0.383 e. The Balaban J connectivity index is 2.51. The summed E-state index contributed by atoms with van der Waals surface area (Å²) in [6.07, 6.45) is 2.83. The second-order valence-corrected chi connectivity index (χ2v) is 3.05. The molecule has 0 spiro atoms. The van der Waals surface area contributed by atoms with Crippen molar-refractivity contribution in [3.63, 3.8) is 0 Å². The van der Waals surface area contributed by atoms with E-state index in [0.29, 0.717) is 5.56 Å². The number of aromatic amines is 1. The Labute approximate surface area is 85.6 Å². The van der Waals surface area contributed by atoms with Gasteiger partial charge in [-0.15, -0.1) is 0 Å². The lowest BCUT2D eigenvalue weighted by Gasteiger charge is -2.04. The van der Waals surface area contributed by atoms with Crippen LogP contribution >= 0.6 is 0 Å². The summed E-state index contributed by atoms with van der Waals surface area (Å²) in [7, 11) is 0. The maximum Gasteiger partial charge on any atom is 0.233 e. The van der Waals surface area contributed by atoms with Crippen LogP contribution in [0.15, 0.2) is 18.6 Å². The third-order valence-electron chi connectivity index (χ3n) is 2.05. The summed E-state index contributed by atoms with van der Waals surface area (Å²) in [4.78, 5) is 19.5. The third kappa shape index (κ3) is 1.56. The van der Waals surface area contributed by atoms with E-state index in [4.69, 9.17) is 5.73 Å². The lowest BCUT2D eigenvalue weighted by molar-refractivity contribution is 0.103. The average molecular weight is 203 g/mol. The van der Waals surface area contributed by atoms with Gasteiger partial charge in [0.2, 0.25) is 5.78 Å². The zero-order chi connectivity index (χ0) is 10.8. The van der Waals surface area contributed by atoms with Crippen LogP contribution in [0.25, 0.3) is 0 Å². The van der Waals surface area contributed by atoms with Crippen LogP contribution in [0, 0.1) is 6.92 Å². The van der Waals surface area contributed by atoms with Gasteiger partial charge in [-0.2, -0.15) is 5.10 Å². The molecule has 0 amide bonds. The number of pyridine rings is 1. The van der Waals surface area contributed by atoms with E-state index in [9.17, 15) is 4.79 Å². The minimum absolute atomic E-state index is 0.165. The molecule has 2 heterocycles. The molecule has 2 aromatic rings. The van der Waals surface area contributed by atoms with Crippen LogP contribution in [-0.4, -0.2) is 25.9 Å². The first-order valence-corrected chi connectivity index (χ1v) is 4.31. The molecular weight excluding hydrogens is 194 g/mol. The molecule has 2 rings (SSSR count). The van der Waals surface area contributed by atoms with E-state index in [2.05, 4.69) is 20.2 Å². The number of aryl methyl sites for hydroxylation is 1. The van der Waals surface area contributed by atoms with E-state index < -0.39 is 0 Å². The topological polar surface area (TPSA) is 97.6 Å². The molecule has 6 nitrogen and oxygen atoms in total. The van der Waals surface area contributed by atoms with Crippen LogP contribution in [0.1, 0.15) is 21.7 Å². The van der Waals surface area contributed by atoms with E-state index in [-0.39, 0.29) is 17.4 Å². The first kappa shape index (κ1) is 9.32. The van der Waals surface area contributed by atoms with Crippen molar-refractivity contribution < 1.29 is 4.79 Å². The van der Waals surface area contributed by atoms with Gasteiger partial charge in [-0.05, 0) is 18.6 Å². The number of aromatic nitrogens is 4. The van der Waals surface area contributed by atoms with Crippen LogP contribution in [-0.2, 0) is 0 Å². The SMILES string of the molecule is Cc1ccnc(N)c1C(=O)c1ncn[nH]1. The highest BCUT2D eigenvalue weighted by molar-refractivity contribution is 6.10. The molecular formula is C9H9N5O. The number of ketones is 1. The van der Waals surface area contributed by atoms with E-state index >= 15 is 0 Å². The Morgan fingerprint density at radius 1 is 1.47 bits per heavy atom. The Morgan fingerprint density at radius 2 is 2.27 bits per heavy atom. The molecule has 2 aromatic heterocycles. The Bertz CT molecular complexity index is 471. The van der Waals surface area contributed by atoms with E-state index in [1.807, 2.05) is 0 Å². The Hall–Kier alpha value is -2.24. The van der Waals surface area contributed by atoms with Gasteiger partial charge in [0.05, 0.1) is 5.56 Å². The van der Waals surface area contributed by atoms with Gasteiger partial charge in [0.15, 0.2) is 5.82 Å². The first-order valence-electron chi connectivity index (χ1n) is 4.31. The van der Waals surface area contributed by atoms with Crippen molar-refractivity contribution in [3.05, 3.63) is 35.5 Å². The van der Waals surface area contributed by atoms with Crippen LogP contribution in [0.3, 0.4) is 0 Å². The van der Waals surface area contributed by atoms with Crippen molar-refractivity contribution >= 4 is 11.6 Å². The number of nitrogens with one attached hydrogen (secondary N) is 1. The summed E-state index contributed by atoms with van der Waals surface area (Å²) < 4.78 is 0. The molecule has 6 heteroatoms. The van der Waals surface area contributed by atoms with Crippen molar-refractivity contribution in [1.82, 2.24) is 20.2 Å². The number of anilines is 1. The Morgan fingerprint density at radius 3 is 2.87 bits per heavy atom. The fourth-order valence-corrected chi connectivity index (χ4v) is 1.31. The molecule has 0 aliphatic rings. The van der Waals surface area contributed by atoms with Gasteiger partial charge in [0.25, 0.3) is 0 Å². The molecule has 0 fully saturated rings. The summed E-state index contributed by atoms with van der Waals surface area (Å²) in [5.74, 6) is 0.0739. The van der Waals surface area contributed by atoms with Crippen LogP contribution in [0.2, 0.25) is 0 Å². The standard InChI is InChI=1S/C9H9N5O/c1-5-2-3-11-8(10)6(5)7(15)9-12-4-13-14-9/h2-4H,1H3,(H2,10,11)(H,12,13,14). The summed E-state index contributed by atoms with van der Waals surface area (Å²) in [5.41, 5.74) is 6.77. The van der Waals surface area contributed by atoms with Gasteiger partial charge in [-0.3, -0.25) is 9.89 Å². The quantitative estimate of drug-likeness (QED) is 0.685. The number of nitrogens with two attached hydrogens (primary N) is 1. The highest BCUT2D eigenvalue weighted by atomic mass is 16.1. The van der Waals surface area contributed by atoms with E-state index in [1.54, 1.807) is 19.2 Å². The molecule has 0 saturated heterocycles. The van der Waals surface area contributed by atoms with Crippen molar-refractivity contribution in [2.24, 2.45) is 0 Å². The molecule has 76 valence electrons. The molecule has 0 unspecified atom stereocenters. The molecule has 15 heavy (non-hydrogen) atoms. The van der Waals surface area contributed by atoms with Gasteiger partial charge in [0.1, 0.15) is 12.1 Å². The number of hydrogen-bond acceptors (Lipinski definition) is 5. The van der Waals surface area contributed by atoms with Crippen molar-refractivity contribution in [3.8, 4) is 0 Å². The summed E-state index contributed by atoms with van der Waals surface area (Å²) >= 11 is 0. The summed E-state index contributed by atoms with van der Waals surface area (Å²) in [6, 6.07) is 1.72. The average Bonchev–Trinajstić information content (AvgIpc) is 2.69. The first-order chi connectivity index (χ1) is 7.20. The van der Waals surface area contributed by atoms with Gasteiger partial charge in [-0.25, -0.2) is 9.97 Å². The lowest BCUT2D eigenvalue weighted by Crippen LogP contribution is -2.10. The van der Waals surface area contributed by atoms with Gasteiger partial charge < -0.3 is 5.73 Å². The monoisotopic (exact) mass is 203 g/mol. The number of H-pyrrole nitrogens is 1. The highest BCUT2D eigenvalue weighted by Gasteiger charge is 2.17. The predicted molar refractivity (Wildman–Crippen MR) is 53.2 cm³/mol. The fourth-order valence-electron chi connectivity index (χ4n) is 1.31. The number of hydrogen-bond donors (Lipinski definition) is 2. The normalized spacial score (nSPS) is 10.2. The van der Waals surface area contributed by atoms with Crippen LogP contribution < -0.4 is 5.73 Å². The molecule has 0 aromatic carbocycles. The zero-order valence-corrected chi connectivity index (χ0v) is 8.06. The van der Waals surface area contributed by atoms with Gasteiger partial charge in [-0.1, -0.05) is 0 Å². The predicted octanol–water partition coefficient (Wildman–Crippen LogP) is 0.321. The smallest absolute Gasteiger partial charge is 0.233 e. The van der Waals surface area contributed by atoms with Crippen LogP contribution in [0.5, 0.6) is 0 Å².